The van der Waals surface area contributed by atoms with Gasteiger partial charge in [0.2, 0.25) is 0 Å². The second-order valence-electron chi connectivity index (χ2n) is 6.91. The van der Waals surface area contributed by atoms with Crippen molar-refractivity contribution in [2.45, 2.75) is 66.7 Å². The van der Waals surface area contributed by atoms with Crippen molar-refractivity contribution in [3.8, 4) is 0 Å². The molecule has 0 aromatic heterocycles. The number of hydrogen-bond acceptors (Lipinski definition) is 0. The highest BCUT2D eigenvalue weighted by molar-refractivity contribution is 5.34. The molecule has 0 heteroatoms. The molecule has 0 amide bonds. The summed E-state index contributed by atoms with van der Waals surface area (Å²) in [7, 11) is 0. The summed E-state index contributed by atoms with van der Waals surface area (Å²) in [6.45, 7) is 12.0. The molecule has 0 spiro atoms. The third kappa shape index (κ3) is 1.19. The van der Waals surface area contributed by atoms with Crippen molar-refractivity contribution in [3.63, 3.8) is 0 Å². The van der Waals surface area contributed by atoms with Crippen molar-refractivity contribution in [3.05, 3.63) is 0 Å². The number of rotatable bonds is 4. The molecule has 3 atom stereocenters. The Morgan fingerprint density at radius 2 is 1.86 bits per heavy atom. The van der Waals surface area contributed by atoms with Gasteiger partial charge in [0.15, 0.2) is 0 Å². The Labute approximate surface area is 89.5 Å². The van der Waals surface area contributed by atoms with Crippen molar-refractivity contribution < 1.29 is 0 Å². The fourth-order valence-electron chi connectivity index (χ4n) is 4.35. The van der Waals surface area contributed by atoms with Gasteiger partial charge in [-0.3, -0.25) is 0 Å². The molecule has 0 nitrogen and oxygen atoms in total. The third-order valence-electron chi connectivity index (χ3n) is 4.82. The molecule has 82 valence electrons. The smallest absolute Gasteiger partial charge is 0.0201 e. The van der Waals surface area contributed by atoms with E-state index < -0.39 is 0 Å². The Hall–Kier alpha value is 0. The van der Waals surface area contributed by atoms with Crippen LogP contribution in [0.25, 0.3) is 0 Å². The Balaban J connectivity index is 2.03. The van der Waals surface area contributed by atoms with Gasteiger partial charge in [-0.15, -0.1) is 0 Å². The summed E-state index contributed by atoms with van der Waals surface area (Å²) in [6, 6.07) is 0. The van der Waals surface area contributed by atoms with E-state index in [4.69, 9.17) is 0 Å². The zero-order chi connectivity index (χ0) is 10.6. The van der Waals surface area contributed by atoms with Crippen LogP contribution in [0, 0.1) is 22.2 Å². The highest BCUT2D eigenvalue weighted by atomic mass is 14.9. The van der Waals surface area contributed by atoms with E-state index in [1.807, 2.05) is 0 Å². The largest absolute Gasteiger partial charge is 0.0654 e. The van der Waals surface area contributed by atoms with E-state index in [-0.39, 0.29) is 0 Å². The maximum atomic E-state index is 2.41. The summed E-state index contributed by atoms with van der Waals surface area (Å²) >= 11 is 0. The first-order valence-electron chi connectivity index (χ1n) is 6.42. The minimum atomic E-state index is 0.532. The van der Waals surface area contributed by atoms with Crippen molar-refractivity contribution in [2.24, 2.45) is 22.2 Å². The van der Waals surface area contributed by atoms with Crippen LogP contribution >= 0.6 is 0 Å². The van der Waals surface area contributed by atoms with E-state index in [2.05, 4.69) is 34.6 Å². The molecule has 0 saturated heterocycles. The first-order chi connectivity index (χ1) is 6.42. The second-order valence-corrected chi connectivity index (χ2v) is 6.91. The van der Waals surface area contributed by atoms with Gasteiger partial charge in [0, 0.05) is 0 Å². The monoisotopic (exact) mass is 194 g/mol. The third-order valence-corrected chi connectivity index (χ3v) is 4.82. The van der Waals surface area contributed by atoms with Gasteiger partial charge in [0.1, 0.15) is 0 Å². The molecule has 2 saturated carbocycles. The van der Waals surface area contributed by atoms with Crippen molar-refractivity contribution in [1.82, 2.24) is 0 Å². The van der Waals surface area contributed by atoms with E-state index in [9.17, 15) is 0 Å². The van der Waals surface area contributed by atoms with Crippen molar-refractivity contribution in [1.29, 1.82) is 0 Å². The zero-order valence-corrected chi connectivity index (χ0v) is 10.6. The highest BCUT2D eigenvalue weighted by Gasteiger charge is 2.85. The summed E-state index contributed by atoms with van der Waals surface area (Å²) < 4.78 is 0. The Morgan fingerprint density at radius 1 is 1.21 bits per heavy atom. The predicted molar refractivity (Wildman–Crippen MR) is 62.2 cm³/mol. The van der Waals surface area contributed by atoms with Crippen LogP contribution in [0.5, 0.6) is 0 Å². The minimum Gasteiger partial charge on any atom is -0.0654 e. The van der Waals surface area contributed by atoms with E-state index in [1.165, 1.54) is 25.7 Å². The van der Waals surface area contributed by atoms with Crippen LogP contribution in [0.1, 0.15) is 66.7 Å². The van der Waals surface area contributed by atoms with Crippen LogP contribution in [0.4, 0.5) is 0 Å². The quantitative estimate of drug-likeness (QED) is 0.611. The average Bonchev–Trinajstić information content (AvgIpc) is 2.87. The molecular weight excluding hydrogens is 168 g/mol. The van der Waals surface area contributed by atoms with Crippen LogP contribution in [0.15, 0.2) is 0 Å². The molecule has 2 fully saturated rings. The molecule has 0 aromatic carbocycles. The van der Waals surface area contributed by atoms with E-state index in [0.717, 1.165) is 16.7 Å². The van der Waals surface area contributed by atoms with Gasteiger partial charge < -0.3 is 0 Å². The lowest BCUT2D eigenvalue weighted by Crippen LogP contribution is -2.23. The van der Waals surface area contributed by atoms with Gasteiger partial charge in [-0.1, -0.05) is 41.0 Å². The average molecular weight is 194 g/mol. The van der Waals surface area contributed by atoms with Gasteiger partial charge in [0.05, 0.1) is 0 Å². The van der Waals surface area contributed by atoms with E-state index >= 15 is 0 Å². The normalized spacial score (nSPS) is 44.8. The molecule has 3 unspecified atom stereocenters. The van der Waals surface area contributed by atoms with E-state index in [0.29, 0.717) is 5.41 Å². The maximum Gasteiger partial charge on any atom is -0.0201 e. The number of hydrogen-bond donors (Lipinski definition) is 0. The molecule has 0 bridgehead atoms. The van der Waals surface area contributed by atoms with Gasteiger partial charge in [-0.05, 0) is 47.8 Å². The van der Waals surface area contributed by atoms with Crippen LogP contribution in [0.2, 0.25) is 0 Å². The predicted octanol–water partition coefficient (Wildman–Crippen LogP) is 4.64. The summed E-state index contributed by atoms with van der Waals surface area (Å²) in [5.41, 5.74) is 2.15. The second kappa shape index (κ2) is 2.77. The van der Waals surface area contributed by atoms with Crippen molar-refractivity contribution in [2.75, 3.05) is 0 Å². The first-order valence-corrected chi connectivity index (χ1v) is 6.42. The zero-order valence-electron chi connectivity index (χ0n) is 10.6. The lowest BCUT2D eigenvalue weighted by molar-refractivity contribution is 0.171. The summed E-state index contributed by atoms with van der Waals surface area (Å²) in [5, 5.41) is 0. The molecule has 0 radical (unpaired) electrons. The SMILES string of the molecule is CCCC12CC1C2(CC)CC(C)(C)C. The molecule has 0 N–H and O–H groups in total. The lowest BCUT2D eigenvalue weighted by Gasteiger charge is -2.33. The summed E-state index contributed by atoms with van der Waals surface area (Å²) in [4.78, 5) is 0. The summed E-state index contributed by atoms with van der Waals surface area (Å²) in [5.74, 6) is 1.12. The molecule has 0 aliphatic heterocycles. The molecular formula is C14H26. The number of fused-ring (bicyclic) bond motifs is 1. The standard InChI is InChI=1S/C14H26/c1-6-8-14-9-11(14)13(14,7-2)10-12(3,4)5/h11H,6-10H2,1-5H3. The van der Waals surface area contributed by atoms with Gasteiger partial charge in [0.25, 0.3) is 0 Å². The lowest BCUT2D eigenvalue weighted by atomic mass is 9.72. The highest BCUT2D eigenvalue weighted by Crippen LogP contribution is 2.92. The molecule has 14 heavy (non-hydrogen) atoms. The van der Waals surface area contributed by atoms with Crippen molar-refractivity contribution >= 4 is 0 Å². The Bertz CT molecular complexity index is 235. The molecule has 2 rings (SSSR count). The topological polar surface area (TPSA) is 0 Å². The first kappa shape index (κ1) is 10.5. The van der Waals surface area contributed by atoms with Gasteiger partial charge in [-0.25, -0.2) is 0 Å². The fraction of sp³-hybridized carbons (Fsp3) is 1.00. The van der Waals surface area contributed by atoms with Crippen LogP contribution in [-0.2, 0) is 0 Å². The van der Waals surface area contributed by atoms with Crippen LogP contribution in [-0.4, -0.2) is 0 Å². The molecule has 0 aromatic rings. The molecule has 2 aliphatic carbocycles. The van der Waals surface area contributed by atoms with E-state index in [1.54, 1.807) is 6.42 Å². The molecule has 2 aliphatic rings. The Morgan fingerprint density at radius 3 is 2.21 bits per heavy atom. The minimum absolute atomic E-state index is 0.532. The molecule has 0 heterocycles. The van der Waals surface area contributed by atoms with Crippen LogP contribution < -0.4 is 0 Å². The van der Waals surface area contributed by atoms with Crippen LogP contribution in [0.3, 0.4) is 0 Å². The summed E-state index contributed by atoms with van der Waals surface area (Å²) in [6.07, 6.45) is 7.34. The maximum absolute atomic E-state index is 2.41. The fourth-order valence-corrected chi connectivity index (χ4v) is 4.35. The van der Waals surface area contributed by atoms with Gasteiger partial charge >= 0.3 is 0 Å². The van der Waals surface area contributed by atoms with Gasteiger partial charge in [-0.2, -0.15) is 0 Å². The Kier molecular flexibility index (Phi) is 2.08.